The number of aldehydes is 1. The lowest BCUT2D eigenvalue weighted by atomic mass is 9.86. The first-order valence-corrected chi connectivity index (χ1v) is 4.07. The van der Waals surface area contributed by atoms with Crippen LogP contribution in [0.4, 0.5) is 0 Å². The van der Waals surface area contributed by atoms with Crippen LogP contribution in [-0.4, -0.2) is 12.2 Å². The van der Waals surface area contributed by atoms with Crippen molar-refractivity contribution in [1.29, 1.82) is 0 Å². The average molecular weight is 163 g/mol. The predicted molar refractivity (Wildman–Crippen MR) is 44.3 cm³/mol. The quantitative estimate of drug-likeness (QED) is 0.459. The Kier molecular flexibility index (Phi) is 3.95. The summed E-state index contributed by atoms with van der Waals surface area (Å²) in [5.41, 5.74) is -0.200. The molecule has 1 atom stereocenters. The fourth-order valence-corrected chi connectivity index (χ4v) is 1.11. The van der Waals surface area contributed by atoms with Crippen LogP contribution in [0.3, 0.4) is 0 Å². The van der Waals surface area contributed by atoms with E-state index in [9.17, 15) is 4.79 Å². The molecule has 1 nitrogen and oxygen atoms in total. The number of carbonyl (C=O) groups is 1. The number of halogens is 1. The molecule has 0 bridgehead atoms. The van der Waals surface area contributed by atoms with E-state index in [1.165, 1.54) is 0 Å². The highest BCUT2D eigenvalue weighted by Crippen LogP contribution is 2.22. The smallest absolute Gasteiger partial charge is 0.125 e. The molecular formula is C8H15ClO. The van der Waals surface area contributed by atoms with Crippen LogP contribution in [0.1, 0.15) is 27.2 Å². The molecule has 0 aromatic carbocycles. The monoisotopic (exact) mass is 162 g/mol. The Morgan fingerprint density at radius 3 is 2.40 bits per heavy atom. The van der Waals surface area contributed by atoms with E-state index in [1.54, 1.807) is 0 Å². The lowest BCUT2D eigenvalue weighted by Crippen LogP contribution is -2.17. The van der Waals surface area contributed by atoms with E-state index >= 15 is 0 Å². The first-order valence-electron chi connectivity index (χ1n) is 3.54. The lowest BCUT2D eigenvalue weighted by Gasteiger charge is -2.19. The zero-order valence-electron chi connectivity index (χ0n) is 6.86. The predicted octanol–water partition coefficient (Wildman–Crippen LogP) is 2.48. The molecule has 0 aliphatic heterocycles. The second-order valence-electron chi connectivity index (χ2n) is 3.57. The maximum absolute atomic E-state index is 10.4. The summed E-state index contributed by atoms with van der Waals surface area (Å²) < 4.78 is 0. The summed E-state index contributed by atoms with van der Waals surface area (Å²) >= 11 is 5.60. The number of carbonyl (C=O) groups excluding carboxylic acids is 1. The van der Waals surface area contributed by atoms with E-state index in [4.69, 9.17) is 11.6 Å². The van der Waals surface area contributed by atoms with Crippen molar-refractivity contribution >= 4 is 17.9 Å². The van der Waals surface area contributed by atoms with Crippen LogP contribution in [0.15, 0.2) is 0 Å². The first-order chi connectivity index (χ1) is 4.52. The summed E-state index contributed by atoms with van der Waals surface area (Å²) in [5.74, 6) is 1.07. The topological polar surface area (TPSA) is 17.1 Å². The third kappa shape index (κ3) is 3.89. The molecule has 60 valence electrons. The van der Waals surface area contributed by atoms with Crippen LogP contribution in [-0.2, 0) is 4.79 Å². The van der Waals surface area contributed by atoms with Crippen LogP contribution in [0.25, 0.3) is 0 Å². The molecule has 2 heteroatoms. The van der Waals surface area contributed by atoms with Crippen molar-refractivity contribution in [3.05, 3.63) is 0 Å². The molecule has 0 aromatic heterocycles. The van der Waals surface area contributed by atoms with Gasteiger partial charge in [-0.25, -0.2) is 0 Å². The molecule has 0 N–H and O–H groups in total. The fourth-order valence-electron chi connectivity index (χ4n) is 1.00. The minimum absolute atomic E-state index is 0.200. The summed E-state index contributed by atoms with van der Waals surface area (Å²) in [7, 11) is 0. The second kappa shape index (κ2) is 3.97. The molecule has 0 saturated heterocycles. The van der Waals surface area contributed by atoms with E-state index in [-0.39, 0.29) is 5.41 Å². The van der Waals surface area contributed by atoms with Crippen LogP contribution in [0, 0.1) is 11.3 Å². The number of hydrogen-bond acceptors (Lipinski definition) is 1. The molecule has 0 saturated carbocycles. The maximum Gasteiger partial charge on any atom is 0.125 e. The Morgan fingerprint density at radius 2 is 2.10 bits per heavy atom. The highest BCUT2D eigenvalue weighted by molar-refractivity contribution is 6.18. The van der Waals surface area contributed by atoms with E-state index in [1.807, 2.05) is 13.8 Å². The zero-order valence-corrected chi connectivity index (χ0v) is 7.61. The molecule has 0 heterocycles. The molecule has 0 amide bonds. The molecule has 0 spiro atoms. The molecule has 0 fully saturated rings. The second-order valence-corrected chi connectivity index (χ2v) is 3.88. The Bertz CT molecular complexity index is 110. The van der Waals surface area contributed by atoms with Crippen molar-refractivity contribution < 1.29 is 4.79 Å². The van der Waals surface area contributed by atoms with Gasteiger partial charge in [0.2, 0.25) is 0 Å². The fraction of sp³-hybridized carbons (Fsp3) is 0.875. The molecule has 1 unspecified atom stereocenters. The Morgan fingerprint density at radius 1 is 1.60 bits per heavy atom. The van der Waals surface area contributed by atoms with Crippen molar-refractivity contribution in [3.8, 4) is 0 Å². The van der Waals surface area contributed by atoms with Crippen LogP contribution < -0.4 is 0 Å². The minimum atomic E-state index is -0.200. The number of alkyl halides is 1. The van der Waals surface area contributed by atoms with E-state index in [0.717, 1.165) is 12.7 Å². The summed E-state index contributed by atoms with van der Waals surface area (Å²) in [6, 6.07) is 0. The van der Waals surface area contributed by atoms with Crippen molar-refractivity contribution in [2.75, 3.05) is 5.88 Å². The highest BCUT2D eigenvalue weighted by Gasteiger charge is 2.19. The van der Waals surface area contributed by atoms with Crippen molar-refractivity contribution in [2.45, 2.75) is 27.2 Å². The van der Waals surface area contributed by atoms with Gasteiger partial charge in [-0.1, -0.05) is 20.8 Å². The van der Waals surface area contributed by atoms with Gasteiger partial charge in [-0.2, -0.15) is 0 Å². The van der Waals surface area contributed by atoms with E-state index in [0.29, 0.717) is 11.8 Å². The summed E-state index contributed by atoms with van der Waals surface area (Å²) in [6.07, 6.45) is 1.87. The van der Waals surface area contributed by atoms with Gasteiger partial charge in [0.15, 0.2) is 0 Å². The van der Waals surface area contributed by atoms with Crippen molar-refractivity contribution in [3.63, 3.8) is 0 Å². The molecular weight excluding hydrogens is 148 g/mol. The number of hydrogen-bond donors (Lipinski definition) is 0. The molecule has 0 aliphatic carbocycles. The third-order valence-electron chi connectivity index (χ3n) is 1.46. The van der Waals surface area contributed by atoms with Crippen molar-refractivity contribution in [1.82, 2.24) is 0 Å². The largest absolute Gasteiger partial charge is 0.303 e. The molecule has 0 radical (unpaired) electrons. The van der Waals surface area contributed by atoms with Gasteiger partial charge in [-0.3, -0.25) is 0 Å². The molecule has 10 heavy (non-hydrogen) atoms. The number of rotatable bonds is 4. The van der Waals surface area contributed by atoms with Crippen LogP contribution >= 0.6 is 11.6 Å². The molecule has 0 rings (SSSR count). The SMILES string of the molecule is CC(CCl)CC(C)(C)C=O. The van der Waals surface area contributed by atoms with Crippen LogP contribution in [0.5, 0.6) is 0 Å². The highest BCUT2D eigenvalue weighted by atomic mass is 35.5. The maximum atomic E-state index is 10.4. The molecule has 0 aromatic rings. The van der Waals surface area contributed by atoms with Gasteiger partial charge in [-0.05, 0) is 12.3 Å². The van der Waals surface area contributed by atoms with Gasteiger partial charge in [0.05, 0.1) is 0 Å². The summed E-state index contributed by atoms with van der Waals surface area (Å²) in [6.45, 7) is 5.92. The van der Waals surface area contributed by atoms with Gasteiger partial charge in [0, 0.05) is 11.3 Å². The minimum Gasteiger partial charge on any atom is -0.303 e. The standard InChI is InChI=1S/C8H15ClO/c1-7(5-9)4-8(2,3)6-10/h6-7H,4-5H2,1-3H3. The van der Waals surface area contributed by atoms with E-state index < -0.39 is 0 Å². The Balaban J connectivity index is 3.75. The lowest BCUT2D eigenvalue weighted by molar-refractivity contribution is -0.115. The summed E-state index contributed by atoms with van der Waals surface area (Å²) in [5, 5.41) is 0. The van der Waals surface area contributed by atoms with Gasteiger partial charge in [0.1, 0.15) is 6.29 Å². The van der Waals surface area contributed by atoms with Gasteiger partial charge in [-0.15, -0.1) is 11.6 Å². The van der Waals surface area contributed by atoms with Crippen molar-refractivity contribution in [2.24, 2.45) is 11.3 Å². The molecule has 0 aliphatic rings. The van der Waals surface area contributed by atoms with Gasteiger partial charge in [0.25, 0.3) is 0 Å². The van der Waals surface area contributed by atoms with Gasteiger partial charge < -0.3 is 4.79 Å². The first kappa shape index (κ1) is 9.96. The normalized spacial score (nSPS) is 14.8. The third-order valence-corrected chi connectivity index (χ3v) is 1.98. The van der Waals surface area contributed by atoms with E-state index in [2.05, 4.69) is 6.92 Å². The average Bonchev–Trinajstić information content (AvgIpc) is 1.87. The Labute approximate surface area is 67.8 Å². The van der Waals surface area contributed by atoms with Gasteiger partial charge >= 0.3 is 0 Å². The summed E-state index contributed by atoms with van der Waals surface area (Å²) in [4.78, 5) is 10.4. The van der Waals surface area contributed by atoms with Crippen LogP contribution in [0.2, 0.25) is 0 Å². The zero-order chi connectivity index (χ0) is 8.20. The Hall–Kier alpha value is -0.0400.